The van der Waals surface area contributed by atoms with Gasteiger partial charge in [0.25, 0.3) is 0 Å². The van der Waals surface area contributed by atoms with E-state index < -0.39 is 35.4 Å². The maximum Gasteiger partial charge on any atom is 0.338 e. The van der Waals surface area contributed by atoms with E-state index in [0.29, 0.717) is 34.0 Å². The summed E-state index contributed by atoms with van der Waals surface area (Å²) in [5.74, 6) is -1.09. The highest BCUT2D eigenvalue weighted by Gasteiger charge is 2.41. The zero-order chi connectivity index (χ0) is 29.9. The second kappa shape index (κ2) is 11.9. The van der Waals surface area contributed by atoms with Crippen molar-refractivity contribution in [1.29, 1.82) is 0 Å². The number of methoxy groups -OCH3 is 1. The molecule has 12 heteroatoms. The molecule has 3 heterocycles. The van der Waals surface area contributed by atoms with Crippen molar-refractivity contribution in [1.82, 2.24) is 15.2 Å². The Hall–Kier alpha value is -5.36. The summed E-state index contributed by atoms with van der Waals surface area (Å²) in [6, 6.07) is 21.8. The number of hydrogen-bond acceptors (Lipinski definition) is 11. The Morgan fingerprint density at radius 2 is 1.79 bits per heavy atom. The fourth-order valence-electron chi connectivity index (χ4n) is 4.57. The van der Waals surface area contributed by atoms with E-state index in [9.17, 15) is 19.2 Å². The van der Waals surface area contributed by atoms with Crippen LogP contribution in [0.25, 0.3) is 22.4 Å². The molecule has 0 spiro atoms. The Balaban J connectivity index is 1.10. The van der Waals surface area contributed by atoms with E-state index in [4.69, 9.17) is 13.9 Å². The summed E-state index contributed by atoms with van der Waals surface area (Å²) in [5, 5.41) is 8.41. The van der Waals surface area contributed by atoms with Gasteiger partial charge in [0.15, 0.2) is 12.4 Å². The van der Waals surface area contributed by atoms with Crippen LogP contribution in [0, 0.1) is 0 Å². The predicted octanol–water partition coefficient (Wildman–Crippen LogP) is 4.76. The molecular weight excluding hydrogens is 572 g/mol. The van der Waals surface area contributed by atoms with Gasteiger partial charge in [-0.1, -0.05) is 42.1 Å². The zero-order valence-corrected chi connectivity index (χ0v) is 23.4. The minimum absolute atomic E-state index is 0.0589. The molecule has 0 bridgehead atoms. The number of amides is 2. The number of ketones is 1. The monoisotopic (exact) mass is 594 g/mol. The molecule has 43 heavy (non-hydrogen) atoms. The van der Waals surface area contributed by atoms with E-state index in [1.807, 2.05) is 30.3 Å². The van der Waals surface area contributed by atoms with Crippen LogP contribution < -0.4 is 9.64 Å². The van der Waals surface area contributed by atoms with Crippen molar-refractivity contribution in [3.8, 4) is 17.2 Å². The molecule has 1 saturated heterocycles. The van der Waals surface area contributed by atoms with E-state index in [2.05, 4.69) is 15.2 Å². The number of nitrogens with zero attached hydrogens (tertiary/aromatic N) is 4. The van der Waals surface area contributed by atoms with Crippen molar-refractivity contribution in [2.75, 3.05) is 18.6 Å². The summed E-state index contributed by atoms with van der Waals surface area (Å²) in [7, 11) is 1.45. The van der Waals surface area contributed by atoms with E-state index >= 15 is 0 Å². The van der Waals surface area contributed by atoms with Crippen LogP contribution in [0.3, 0.4) is 0 Å². The Morgan fingerprint density at radius 3 is 2.58 bits per heavy atom. The molecule has 1 aliphatic rings. The van der Waals surface area contributed by atoms with Crippen LogP contribution in [0.1, 0.15) is 27.1 Å². The number of benzene rings is 3. The van der Waals surface area contributed by atoms with Gasteiger partial charge in [-0.05, 0) is 48.5 Å². The van der Waals surface area contributed by atoms with Crippen LogP contribution in [-0.2, 0) is 14.3 Å². The highest BCUT2D eigenvalue weighted by atomic mass is 32.2. The number of imide groups is 1. The van der Waals surface area contributed by atoms with Crippen molar-refractivity contribution in [3.05, 3.63) is 96.2 Å². The number of carbonyl (C=O) groups excluding carboxylic acids is 4. The van der Waals surface area contributed by atoms with Gasteiger partial charge in [0.05, 0.1) is 30.1 Å². The molecule has 214 valence electrons. The van der Waals surface area contributed by atoms with Gasteiger partial charge >= 0.3 is 5.97 Å². The normalized spacial score (nSPS) is 14.7. The number of thioether (sulfide) groups is 1. The lowest BCUT2D eigenvalue weighted by atomic mass is 10.1. The topological polar surface area (TPSA) is 142 Å². The van der Waals surface area contributed by atoms with Crippen LogP contribution >= 0.6 is 11.8 Å². The molecule has 0 radical (unpaired) electrons. The second-order valence-corrected chi connectivity index (χ2v) is 10.6. The highest BCUT2D eigenvalue weighted by molar-refractivity contribution is 8.00. The Morgan fingerprint density at radius 1 is 1.02 bits per heavy atom. The number of aromatic nitrogens is 3. The fraction of sp³-hybridized carbons (Fsp3) is 0.129. The Kier molecular flexibility index (Phi) is 7.67. The summed E-state index contributed by atoms with van der Waals surface area (Å²) >= 11 is 1.04. The van der Waals surface area contributed by atoms with Gasteiger partial charge in [-0.25, -0.2) is 14.7 Å². The first-order valence-corrected chi connectivity index (χ1v) is 13.9. The maximum atomic E-state index is 13.2. The first-order chi connectivity index (χ1) is 20.9. The van der Waals surface area contributed by atoms with Crippen LogP contribution in [0.15, 0.2) is 94.6 Å². The summed E-state index contributed by atoms with van der Waals surface area (Å²) in [5.41, 5.74) is 1.92. The van der Waals surface area contributed by atoms with Crippen molar-refractivity contribution in [2.45, 2.75) is 16.8 Å². The number of furan rings is 1. The smallest absolute Gasteiger partial charge is 0.338 e. The van der Waals surface area contributed by atoms with Gasteiger partial charge in [0.2, 0.25) is 22.8 Å². The SMILES string of the molecule is COc1ccccc1C(=O)COC(=O)c1ccc(N2C(=O)CC(Sc3nncc(-c4cc5ccccc5o4)n3)C2=O)cc1. The molecule has 5 aromatic rings. The average molecular weight is 595 g/mol. The number of rotatable bonds is 9. The lowest BCUT2D eigenvalue weighted by Gasteiger charge is -2.15. The van der Waals surface area contributed by atoms with Crippen molar-refractivity contribution in [2.24, 2.45) is 0 Å². The number of fused-ring (bicyclic) bond motifs is 1. The standard InChI is InChI=1S/C31H22N4O7S/c1-40-25-9-5-3-7-21(25)23(36)17-41-30(39)18-10-12-20(13-11-18)35-28(37)15-27(29(35)38)43-31-33-22(16-32-34-31)26-14-19-6-2-4-8-24(19)42-26/h2-14,16,27H,15,17H2,1H3. The number of esters is 1. The number of carbonyl (C=O) groups is 4. The Labute approximate surface area is 248 Å². The van der Waals surface area contributed by atoms with Crippen molar-refractivity contribution < 1.29 is 33.1 Å². The van der Waals surface area contributed by atoms with Crippen molar-refractivity contribution in [3.63, 3.8) is 0 Å². The van der Waals surface area contributed by atoms with Crippen LogP contribution in [-0.4, -0.2) is 57.7 Å². The van der Waals surface area contributed by atoms with Crippen LogP contribution in [0.2, 0.25) is 0 Å². The largest absolute Gasteiger partial charge is 0.496 e. The quantitative estimate of drug-likeness (QED) is 0.132. The zero-order valence-electron chi connectivity index (χ0n) is 22.6. The van der Waals surface area contributed by atoms with Gasteiger partial charge < -0.3 is 13.9 Å². The molecule has 0 aliphatic carbocycles. The molecule has 11 nitrogen and oxygen atoms in total. The molecule has 2 aromatic heterocycles. The summed E-state index contributed by atoms with van der Waals surface area (Å²) < 4.78 is 16.2. The van der Waals surface area contributed by atoms with Gasteiger partial charge in [0.1, 0.15) is 22.3 Å². The molecule has 1 aliphatic heterocycles. The number of hydrogen-bond donors (Lipinski definition) is 0. The summed E-state index contributed by atoms with van der Waals surface area (Å²) in [4.78, 5) is 56.6. The highest BCUT2D eigenvalue weighted by Crippen LogP contribution is 2.34. The van der Waals surface area contributed by atoms with E-state index in [-0.39, 0.29) is 17.1 Å². The lowest BCUT2D eigenvalue weighted by molar-refractivity contribution is -0.121. The maximum absolute atomic E-state index is 13.2. The molecule has 0 N–H and O–H groups in total. The van der Waals surface area contributed by atoms with Gasteiger partial charge in [-0.2, -0.15) is 5.10 Å². The predicted molar refractivity (Wildman–Crippen MR) is 156 cm³/mol. The number of ether oxygens (including phenoxy) is 2. The second-order valence-electron chi connectivity index (χ2n) is 9.40. The first-order valence-electron chi connectivity index (χ1n) is 13.1. The van der Waals surface area contributed by atoms with Crippen LogP contribution in [0.4, 0.5) is 5.69 Å². The minimum atomic E-state index is -0.758. The molecule has 6 rings (SSSR count). The fourth-order valence-corrected chi connectivity index (χ4v) is 5.50. The third kappa shape index (κ3) is 5.72. The summed E-state index contributed by atoms with van der Waals surface area (Å²) in [6.07, 6.45) is 1.41. The van der Waals surface area contributed by atoms with Gasteiger partial charge in [-0.3, -0.25) is 14.4 Å². The van der Waals surface area contributed by atoms with Gasteiger partial charge in [-0.15, -0.1) is 5.10 Å². The number of para-hydroxylation sites is 2. The van der Waals surface area contributed by atoms with E-state index in [0.717, 1.165) is 22.0 Å². The van der Waals surface area contributed by atoms with E-state index in [1.54, 1.807) is 24.3 Å². The number of Topliss-reactive ketones (excluding diaryl/α,β-unsaturated/α-hetero) is 1. The first kappa shape index (κ1) is 27.8. The summed E-state index contributed by atoms with van der Waals surface area (Å²) in [6.45, 7) is -0.475. The van der Waals surface area contributed by atoms with Crippen LogP contribution in [0.5, 0.6) is 5.75 Å². The van der Waals surface area contributed by atoms with Gasteiger partial charge in [0, 0.05) is 11.8 Å². The molecular formula is C31H22N4O7S. The molecule has 2 amide bonds. The number of anilines is 1. The Bertz CT molecular complexity index is 1840. The third-order valence-corrected chi connectivity index (χ3v) is 7.71. The molecule has 3 aromatic carbocycles. The lowest BCUT2D eigenvalue weighted by Crippen LogP contribution is -2.31. The molecule has 0 saturated carbocycles. The third-order valence-electron chi connectivity index (χ3n) is 6.67. The molecule has 1 atom stereocenters. The van der Waals surface area contributed by atoms with E-state index in [1.165, 1.54) is 37.6 Å². The molecule has 1 fully saturated rings. The average Bonchev–Trinajstić information content (AvgIpc) is 3.60. The van der Waals surface area contributed by atoms with Crippen molar-refractivity contribution >= 4 is 52.0 Å². The minimum Gasteiger partial charge on any atom is -0.496 e. The molecule has 1 unspecified atom stereocenters.